The largest absolute Gasteiger partial charge is 0.493 e. The van der Waals surface area contributed by atoms with E-state index in [-0.39, 0.29) is 11.3 Å². The number of carbonyl (C=O) groups excluding carboxylic acids is 1. The van der Waals surface area contributed by atoms with Crippen LogP contribution in [0, 0.1) is 12.3 Å². The van der Waals surface area contributed by atoms with E-state index in [1.165, 1.54) is 12.8 Å². The van der Waals surface area contributed by atoms with Gasteiger partial charge in [0.25, 0.3) is 0 Å². The van der Waals surface area contributed by atoms with Gasteiger partial charge in [-0.1, -0.05) is 25.0 Å². The van der Waals surface area contributed by atoms with Crippen molar-refractivity contribution in [3.63, 3.8) is 0 Å². The molecule has 1 aliphatic carbocycles. The van der Waals surface area contributed by atoms with Gasteiger partial charge in [0.15, 0.2) is 0 Å². The number of ether oxygens (including phenoxy) is 1. The van der Waals surface area contributed by atoms with E-state index in [0.29, 0.717) is 25.5 Å². The van der Waals surface area contributed by atoms with Crippen LogP contribution in [0.1, 0.15) is 37.7 Å². The number of amides is 1. The zero-order chi connectivity index (χ0) is 15.1. The molecule has 0 aromatic heterocycles. The molecule has 1 aromatic carbocycles. The van der Waals surface area contributed by atoms with Gasteiger partial charge in [0.2, 0.25) is 5.91 Å². The summed E-state index contributed by atoms with van der Waals surface area (Å²) in [5.74, 6) is 1.49. The Kier molecular flexibility index (Phi) is 5.92. The first-order valence-electron chi connectivity index (χ1n) is 7.66. The number of benzene rings is 1. The molecule has 0 bridgehead atoms. The van der Waals surface area contributed by atoms with E-state index in [1.54, 1.807) is 0 Å². The van der Waals surface area contributed by atoms with Crippen molar-refractivity contribution in [1.29, 1.82) is 0 Å². The summed E-state index contributed by atoms with van der Waals surface area (Å²) >= 11 is 6.07. The maximum Gasteiger partial charge on any atom is 0.223 e. The molecule has 1 fully saturated rings. The summed E-state index contributed by atoms with van der Waals surface area (Å²) < 4.78 is 5.59. The van der Waals surface area contributed by atoms with E-state index in [9.17, 15) is 4.79 Å². The minimum atomic E-state index is 0.0408. The molecule has 3 nitrogen and oxygen atoms in total. The Morgan fingerprint density at radius 1 is 1.38 bits per heavy atom. The van der Waals surface area contributed by atoms with Crippen LogP contribution < -0.4 is 10.1 Å². The van der Waals surface area contributed by atoms with Gasteiger partial charge in [-0.15, -0.1) is 11.6 Å². The Labute approximate surface area is 132 Å². The van der Waals surface area contributed by atoms with E-state index in [2.05, 4.69) is 5.32 Å². The van der Waals surface area contributed by atoms with Crippen molar-refractivity contribution in [2.24, 2.45) is 5.41 Å². The Morgan fingerprint density at radius 3 is 2.81 bits per heavy atom. The summed E-state index contributed by atoms with van der Waals surface area (Å²) in [6.45, 7) is 3.12. The van der Waals surface area contributed by atoms with E-state index in [4.69, 9.17) is 16.3 Å². The van der Waals surface area contributed by atoms with Gasteiger partial charge in [-0.2, -0.15) is 0 Å². The van der Waals surface area contributed by atoms with Gasteiger partial charge in [0.1, 0.15) is 5.75 Å². The van der Waals surface area contributed by atoms with Gasteiger partial charge in [-0.3, -0.25) is 4.79 Å². The first-order valence-corrected chi connectivity index (χ1v) is 8.19. The maximum atomic E-state index is 11.9. The maximum absolute atomic E-state index is 11.9. The van der Waals surface area contributed by atoms with Crippen molar-refractivity contribution in [3.8, 4) is 5.75 Å². The Hall–Kier alpha value is -1.22. The predicted octanol–water partition coefficient (Wildman–Crippen LogP) is 3.68. The van der Waals surface area contributed by atoms with Crippen LogP contribution in [-0.4, -0.2) is 24.9 Å². The van der Waals surface area contributed by atoms with Crippen LogP contribution in [0.2, 0.25) is 0 Å². The molecule has 1 aliphatic rings. The van der Waals surface area contributed by atoms with E-state index >= 15 is 0 Å². The van der Waals surface area contributed by atoms with Gasteiger partial charge in [-0.05, 0) is 37.5 Å². The number of alkyl halides is 1. The van der Waals surface area contributed by atoms with E-state index in [1.807, 2.05) is 31.2 Å². The van der Waals surface area contributed by atoms with Crippen molar-refractivity contribution < 1.29 is 9.53 Å². The lowest BCUT2D eigenvalue weighted by Crippen LogP contribution is -2.37. The monoisotopic (exact) mass is 309 g/mol. The predicted molar refractivity (Wildman–Crippen MR) is 85.9 cm³/mol. The fourth-order valence-corrected chi connectivity index (χ4v) is 3.19. The minimum absolute atomic E-state index is 0.0408. The highest BCUT2D eigenvalue weighted by Gasteiger charge is 2.33. The van der Waals surface area contributed by atoms with Crippen LogP contribution in [-0.2, 0) is 4.79 Å². The lowest BCUT2D eigenvalue weighted by Gasteiger charge is -2.26. The van der Waals surface area contributed by atoms with Crippen LogP contribution in [0.15, 0.2) is 24.3 Å². The van der Waals surface area contributed by atoms with Crippen LogP contribution in [0.5, 0.6) is 5.75 Å². The molecular formula is C17H24ClNO2. The highest BCUT2D eigenvalue weighted by molar-refractivity contribution is 6.18. The highest BCUT2D eigenvalue weighted by Crippen LogP contribution is 2.38. The number of hydrogen-bond acceptors (Lipinski definition) is 2. The molecule has 1 N–H and O–H groups in total. The molecule has 0 aliphatic heterocycles. The van der Waals surface area contributed by atoms with E-state index in [0.717, 1.165) is 24.2 Å². The zero-order valence-electron chi connectivity index (χ0n) is 12.7. The highest BCUT2D eigenvalue weighted by atomic mass is 35.5. The molecule has 0 atom stereocenters. The first-order chi connectivity index (χ1) is 10.1. The molecule has 1 saturated carbocycles. The number of hydrogen-bond donors (Lipinski definition) is 1. The molecule has 0 spiro atoms. The standard InChI is InChI=1S/C17H24ClNO2/c1-14-5-4-6-15(11-14)21-10-7-16(20)19-13-17(12-18)8-2-3-9-17/h4-6,11H,2-3,7-10,12-13H2,1H3,(H,19,20). The average Bonchev–Trinajstić information content (AvgIpc) is 2.95. The van der Waals surface area contributed by atoms with Gasteiger partial charge >= 0.3 is 0 Å². The fourth-order valence-electron chi connectivity index (χ4n) is 2.82. The third-order valence-corrected chi connectivity index (χ3v) is 4.76. The van der Waals surface area contributed by atoms with Gasteiger partial charge in [0, 0.05) is 17.8 Å². The molecule has 0 radical (unpaired) electrons. The van der Waals surface area contributed by atoms with Crippen molar-refractivity contribution in [1.82, 2.24) is 5.32 Å². The second kappa shape index (κ2) is 7.69. The Morgan fingerprint density at radius 2 is 2.14 bits per heavy atom. The summed E-state index contributed by atoms with van der Waals surface area (Å²) in [5.41, 5.74) is 1.27. The average molecular weight is 310 g/mol. The van der Waals surface area contributed by atoms with Crippen LogP contribution in [0.25, 0.3) is 0 Å². The molecule has 2 rings (SSSR count). The fraction of sp³-hybridized carbons (Fsp3) is 0.588. The number of aryl methyl sites for hydroxylation is 1. The van der Waals surface area contributed by atoms with Crippen LogP contribution in [0.3, 0.4) is 0 Å². The second-order valence-electron chi connectivity index (χ2n) is 6.03. The summed E-state index contributed by atoms with van der Waals surface area (Å²) in [5, 5.41) is 3.01. The molecule has 1 amide bonds. The van der Waals surface area contributed by atoms with Crippen LogP contribution in [0.4, 0.5) is 0 Å². The molecule has 116 valence electrons. The molecule has 0 unspecified atom stereocenters. The summed E-state index contributed by atoms with van der Waals surface area (Å²) in [7, 11) is 0. The molecule has 21 heavy (non-hydrogen) atoms. The van der Waals surface area contributed by atoms with Gasteiger partial charge < -0.3 is 10.1 Å². The zero-order valence-corrected chi connectivity index (χ0v) is 13.4. The van der Waals surface area contributed by atoms with Crippen molar-refractivity contribution in [2.45, 2.75) is 39.0 Å². The van der Waals surface area contributed by atoms with E-state index < -0.39 is 0 Å². The lowest BCUT2D eigenvalue weighted by atomic mass is 9.88. The molecule has 4 heteroatoms. The number of halogens is 1. The quantitative estimate of drug-likeness (QED) is 0.780. The first kappa shape index (κ1) is 16.2. The second-order valence-corrected chi connectivity index (χ2v) is 6.30. The van der Waals surface area contributed by atoms with Crippen LogP contribution >= 0.6 is 11.6 Å². The topological polar surface area (TPSA) is 38.3 Å². The smallest absolute Gasteiger partial charge is 0.223 e. The summed E-state index contributed by atoms with van der Waals surface area (Å²) in [6, 6.07) is 7.85. The van der Waals surface area contributed by atoms with Crippen molar-refractivity contribution >= 4 is 17.5 Å². The molecule has 1 aromatic rings. The van der Waals surface area contributed by atoms with Crippen molar-refractivity contribution in [3.05, 3.63) is 29.8 Å². The van der Waals surface area contributed by atoms with Crippen molar-refractivity contribution in [2.75, 3.05) is 19.0 Å². The Balaban J connectivity index is 1.68. The third-order valence-electron chi connectivity index (χ3n) is 4.20. The summed E-state index contributed by atoms with van der Waals surface area (Å²) in [6.07, 6.45) is 5.07. The van der Waals surface area contributed by atoms with Gasteiger partial charge in [-0.25, -0.2) is 0 Å². The molecular weight excluding hydrogens is 286 g/mol. The SMILES string of the molecule is Cc1cccc(OCCC(=O)NCC2(CCl)CCCC2)c1. The normalized spacial score (nSPS) is 16.7. The molecule has 0 heterocycles. The summed E-state index contributed by atoms with van der Waals surface area (Å²) in [4.78, 5) is 11.9. The number of rotatable bonds is 7. The minimum Gasteiger partial charge on any atom is -0.493 e. The number of nitrogens with one attached hydrogen (secondary N) is 1. The lowest BCUT2D eigenvalue weighted by molar-refractivity contribution is -0.122. The third kappa shape index (κ3) is 4.92. The number of carbonyl (C=O) groups is 1. The Bertz CT molecular complexity index is 470. The van der Waals surface area contributed by atoms with Gasteiger partial charge in [0.05, 0.1) is 13.0 Å². The molecule has 0 saturated heterocycles.